The lowest BCUT2D eigenvalue weighted by atomic mass is 10.2. The summed E-state index contributed by atoms with van der Waals surface area (Å²) in [5.41, 5.74) is 0.189. The molecule has 0 saturated heterocycles. The van der Waals surface area contributed by atoms with Crippen LogP contribution in [0.15, 0.2) is 10.5 Å². The van der Waals surface area contributed by atoms with E-state index in [2.05, 4.69) is 36.8 Å². The molecule has 1 rings (SSSR count). The molecule has 1 aromatic heterocycles. The van der Waals surface area contributed by atoms with Gasteiger partial charge in [0.25, 0.3) is 6.43 Å². The maximum absolute atomic E-state index is 12.6. The van der Waals surface area contributed by atoms with E-state index in [-0.39, 0.29) is 16.6 Å². The van der Waals surface area contributed by atoms with Gasteiger partial charge in [-0.25, -0.2) is 13.8 Å². The van der Waals surface area contributed by atoms with Crippen LogP contribution >= 0.6 is 31.9 Å². The zero-order valence-corrected chi connectivity index (χ0v) is 10.4. The first kappa shape index (κ1) is 11.8. The van der Waals surface area contributed by atoms with Crippen molar-refractivity contribution in [3.63, 3.8) is 0 Å². The van der Waals surface area contributed by atoms with Gasteiger partial charge < -0.3 is 4.74 Å². The summed E-state index contributed by atoms with van der Waals surface area (Å²) in [5.74, 6) is 0.315. The molecule has 0 saturated carbocycles. The van der Waals surface area contributed by atoms with E-state index in [1.807, 2.05) is 0 Å². The number of pyridine rings is 1. The van der Waals surface area contributed by atoms with Crippen LogP contribution in [0, 0.1) is 0 Å². The summed E-state index contributed by atoms with van der Waals surface area (Å²) in [6.07, 6.45) is -2.55. The van der Waals surface area contributed by atoms with Crippen molar-refractivity contribution in [2.75, 3.05) is 7.11 Å². The minimum absolute atomic E-state index is 0.0947. The lowest BCUT2D eigenvalue weighted by molar-refractivity contribution is 0.149. The summed E-state index contributed by atoms with van der Waals surface area (Å²) in [6, 6.07) is 1.42. The molecule has 6 heteroatoms. The topological polar surface area (TPSA) is 22.1 Å². The van der Waals surface area contributed by atoms with Crippen LogP contribution in [-0.2, 0) is 5.33 Å². The van der Waals surface area contributed by atoms with Crippen molar-refractivity contribution in [3.05, 3.63) is 21.8 Å². The predicted octanol–water partition coefficient (Wildman–Crippen LogP) is 3.69. The second kappa shape index (κ2) is 5.02. The van der Waals surface area contributed by atoms with Gasteiger partial charge in [0.2, 0.25) is 5.88 Å². The van der Waals surface area contributed by atoms with Crippen LogP contribution in [-0.4, -0.2) is 12.1 Å². The van der Waals surface area contributed by atoms with Crippen molar-refractivity contribution in [3.8, 4) is 5.88 Å². The normalized spacial score (nSPS) is 10.7. The van der Waals surface area contributed by atoms with Crippen molar-refractivity contribution in [2.24, 2.45) is 0 Å². The molecule has 0 unspecified atom stereocenters. The zero-order chi connectivity index (χ0) is 10.7. The molecule has 0 aromatic carbocycles. The van der Waals surface area contributed by atoms with E-state index in [9.17, 15) is 8.78 Å². The monoisotopic (exact) mass is 329 g/mol. The molecule has 0 bridgehead atoms. The lowest BCUT2D eigenvalue weighted by Gasteiger charge is -2.09. The minimum Gasteiger partial charge on any atom is -0.481 e. The highest BCUT2D eigenvalue weighted by Crippen LogP contribution is 2.33. The van der Waals surface area contributed by atoms with Gasteiger partial charge in [0.1, 0.15) is 0 Å². The SMILES string of the molecule is COc1cc(Br)c(C(F)F)c(CBr)n1. The summed E-state index contributed by atoms with van der Waals surface area (Å²) in [5, 5.41) is 0.266. The van der Waals surface area contributed by atoms with E-state index in [1.165, 1.54) is 13.2 Å². The van der Waals surface area contributed by atoms with Crippen molar-refractivity contribution >= 4 is 31.9 Å². The summed E-state index contributed by atoms with van der Waals surface area (Å²) in [6.45, 7) is 0. The van der Waals surface area contributed by atoms with Crippen LogP contribution in [0.5, 0.6) is 5.88 Å². The third kappa shape index (κ3) is 2.42. The Balaban J connectivity index is 3.27. The Labute approximate surface area is 96.9 Å². The smallest absolute Gasteiger partial charge is 0.266 e. The molecule has 1 heterocycles. The highest BCUT2D eigenvalue weighted by Gasteiger charge is 2.18. The minimum atomic E-state index is -2.55. The highest BCUT2D eigenvalue weighted by molar-refractivity contribution is 9.10. The summed E-state index contributed by atoms with van der Waals surface area (Å²) in [4.78, 5) is 3.91. The first-order chi connectivity index (χ1) is 6.60. The molecule has 0 atom stereocenters. The number of halogens is 4. The molecule has 78 valence electrons. The van der Waals surface area contributed by atoms with E-state index in [0.717, 1.165) is 0 Å². The van der Waals surface area contributed by atoms with Crippen LogP contribution < -0.4 is 4.74 Å². The van der Waals surface area contributed by atoms with Crippen molar-refractivity contribution < 1.29 is 13.5 Å². The third-order valence-corrected chi connectivity index (χ3v) is 2.80. The Bertz CT molecular complexity index is 333. The van der Waals surface area contributed by atoms with Gasteiger partial charge in [0.15, 0.2) is 0 Å². The quantitative estimate of drug-likeness (QED) is 0.789. The zero-order valence-electron chi connectivity index (χ0n) is 7.23. The number of methoxy groups -OCH3 is 1. The van der Waals surface area contributed by atoms with E-state index in [4.69, 9.17) is 4.74 Å². The molecule has 14 heavy (non-hydrogen) atoms. The Hall–Kier alpha value is -0.230. The van der Waals surface area contributed by atoms with E-state index in [0.29, 0.717) is 10.4 Å². The van der Waals surface area contributed by atoms with Crippen LogP contribution in [0.2, 0.25) is 0 Å². The third-order valence-electron chi connectivity index (χ3n) is 1.62. The fourth-order valence-corrected chi connectivity index (χ4v) is 2.01. The summed E-state index contributed by atoms with van der Waals surface area (Å²) in [7, 11) is 1.44. The van der Waals surface area contributed by atoms with Crippen LogP contribution in [0.1, 0.15) is 17.7 Å². The molecular formula is C8H7Br2F2NO. The molecular weight excluding hydrogens is 324 g/mol. The largest absolute Gasteiger partial charge is 0.481 e. The number of hydrogen-bond acceptors (Lipinski definition) is 2. The molecule has 0 amide bonds. The molecule has 0 N–H and O–H groups in total. The van der Waals surface area contributed by atoms with Gasteiger partial charge in [-0.15, -0.1) is 0 Å². The van der Waals surface area contributed by atoms with Gasteiger partial charge in [0.05, 0.1) is 18.4 Å². The van der Waals surface area contributed by atoms with Crippen LogP contribution in [0.4, 0.5) is 8.78 Å². The van der Waals surface area contributed by atoms with Gasteiger partial charge in [-0.1, -0.05) is 31.9 Å². The average molecular weight is 331 g/mol. The molecule has 0 spiro atoms. The molecule has 2 nitrogen and oxygen atoms in total. The Morgan fingerprint density at radius 2 is 2.21 bits per heavy atom. The lowest BCUT2D eigenvalue weighted by Crippen LogP contribution is -2.00. The van der Waals surface area contributed by atoms with Gasteiger partial charge in [-0.3, -0.25) is 0 Å². The van der Waals surface area contributed by atoms with Crippen molar-refractivity contribution in [1.82, 2.24) is 4.98 Å². The number of alkyl halides is 3. The molecule has 0 aliphatic carbocycles. The van der Waals surface area contributed by atoms with Gasteiger partial charge >= 0.3 is 0 Å². The number of ether oxygens (including phenoxy) is 1. The van der Waals surface area contributed by atoms with Gasteiger partial charge in [0, 0.05) is 15.9 Å². The first-order valence-corrected chi connectivity index (χ1v) is 5.59. The number of nitrogens with zero attached hydrogens (tertiary/aromatic N) is 1. The van der Waals surface area contributed by atoms with E-state index in [1.54, 1.807) is 0 Å². The van der Waals surface area contributed by atoms with E-state index < -0.39 is 6.43 Å². The highest BCUT2D eigenvalue weighted by atomic mass is 79.9. The Morgan fingerprint density at radius 3 is 2.64 bits per heavy atom. The van der Waals surface area contributed by atoms with Gasteiger partial charge in [-0.2, -0.15) is 0 Å². The van der Waals surface area contributed by atoms with Crippen LogP contribution in [0.25, 0.3) is 0 Å². The summed E-state index contributed by atoms with van der Waals surface area (Å²) >= 11 is 6.16. The molecule has 0 radical (unpaired) electrons. The van der Waals surface area contributed by atoms with E-state index >= 15 is 0 Å². The summed E-state index contributed by atoms with van der Waals surface area (Å²) < 4.78 is 30.3. The number of aromatic nitrogens is 1. The molecule has 0 fully saturated rings. The van der Waals surface area contributed by atoms with Crippen LogP contribution in [0.3, 0.4) is 0 Å². The maximum Gasteiger partial charge on any atom is 0.266 e. The molecule has 0 aliphatic heterocycles. The predicted molar refractivity (Wildman–Crippen MR) is 56.1 cm³/mol. The molecule has 1 aromatic rings. The Morgan fingerprint density at radius 1 is 1.57 bits per heavy atom. The number of hydrogen-bond donors (Lipinski definition) is 0. The second-order valence-corrected chi connectivity index (χ2v) is 3.86. The maximum atomic E-state index is 12.6. The van der Waals surface area contributed by atoms with Crippen molar-refractivity contribution in [2.45, 2.75) is 11.8 Å². The first-order valence-electron chi connectivity index (χ1n) is 3.67. The second-order valence-electron chi connectivity index (χ2n) is 2.44. The van der Waals surface area contributed by atoms with Crippen molar-refractivity contribution in [1.29, 1.82) is 0 Å². The Kier molecular flexibility index (Phi) is 4.25. The standard InChI is InChI=1S/C8H7Br2F2NO/c1-14-6-2-4(10)7(8(11)12)5(3-9)13-6/h2,8H,3H2,1H3. The fourth-order valence-electron chi connectivity index (χ4n) is 0.986. The van der Waals surface area contributed by atoms with Gasteiger partial charge in [-0.05, 0) is 0 Å². The average Bonchev–Trinajstić information content (AvgIpc) is 2.15. The fraction of sp³-hybridized carbons (Fsp3) is 0.375. The number of rotatable bonds is 3. The molecule has 0 aliphatic rings.